The van der Waals surface area contributed by atoms with Crippen LogP contribution in [0.4, 0.5) is 4.79 Å². The number of phenolic OH excluding ortho intramolecular Hbond substituents is 1. The average Bonchev–Trinajstić information content (AvgIpc) is 2.73. The number of hydrogen-bond acceptors (Lipinski definition) is 5. The molecule has 2 atom stereocenters. The summed E-state index contributed by atoms with van der Waals surface area (Å²) >= 11 is 0. The number of ether oxygens (including phenoxy) is 1. The number of amides is 3. The van der Waals surface area contributed by atoms with E-state index in [0.717, 1.165) is 5.56 Å². The highest BCUT2D eigenvalue weighted by Gasteiger charge is 2.27. The molecule has 0 saturated carbocycles. The smallest absolute Gasteiger partial charge is 0.408 e. The number of nitrogens with two attached hydrogens (primary N) is 1. The van der Waals surface area contributed by atoms with E-state index in [1.165, 1.54) is 12.1 Å². The van der Waals surface area contributed by atoms with E-state index in [1.54, 1.807) is 12.1 Å². The van der Waals surface area contributed by atoms with Crippen molar-refractivity contribution < 1.29 is 24.2 Å². The van der Waals surface area contributed by atoms with E-state index in [1.807, 2.05) is 44.2 Å². The number of aromatic hydroxyl groups is 1. The molecule has 2 aromatic carbocycles. The van der Waals surface area contributed by atoms with Crippen LogP contribution in [0.25, 0.3) is 0 Å². The number of benzene rings is 2. The van der Waals surface area contributed by atoms with Gasteiger partial charge in [-0.3, -0.25) is 9.59 Å². The van der Waals surface area contributed by atoms with E-state index in [4.69, 9.17) is 10.5 Å². The van der Waals surface area contributed by atoms with Crippen LogP contribution >= 0.6 is 0 Å². The maximum atomic E-state index is 12.9. The van der Waals surface area contributed by atoms with Crippen LogP contribution in [-0.4, -0.2) is 35.1 Å². The maximum Gasteiger partial charge on any atom is 0.408 e. The number of carbonyl (C=O) groups excluding carboxylic acids is 3. The molecule has 0 heterocycles. The fourth-order valence-electron chi connectivity index (χ4n) is 2.97. The third-order valence-electron chi connectivity index (χ3n) is 4.56. The van der Waals surface area contributed by atoms with Crippen molar-refractivity contribution in [1.29, 1.82) is 0 Å². The van der Waals surface area contributed by atoms with Crippen molar-refractivity contribution in [3.8, 4) is 5.75 Å². The number of phenols is 1. The summed E-state index contributed by atoms with van der Waals surface area (Å²) in [5, 5.41) is 14.7. The van der Waals surface area contributed by atoms with Crippen LogP contribution < -0.4 is 16.4 Å². The molecule has 0 aliphatic heterocycles. The molecule has 2 aromatic rings. The molecule has 0 aliphatic rings. The van der Waals surface area contributed by atoms with Gasteiger partial charge < -0.3 is 26.2 Å². The molecular formula is C23H29N3O5. The van der Waals surface area contributed by atoms with Crippen molar-refractivity contribution in [1.82, 2.24) is 10.6 Å². The van der Waals surface area contributed by atoms with Gasteiger partial charge in [0.15, 0.2) is 0 Å². The van der Waals surface area contributed by atoms with Gasteiger partial charge in [0.1, 0.15) is 24.4 Å². The van der Waals surface area contributed by atoms with Gasteiger partial charge in [0.25, 0.3) is 0 Å². The first kappa shape index (κ1) is 23.7. The third-order valence-corrected chi connectivity index (χ3v) is 4.56. The van der Waals surface area contributed by atoms with Gasteiger partial charge in [0, 0.05) is 6.42 Å². The van der Waals surface area contributed by atoms with Gasteiger partial charge >= 0.3 is 6.09 Å². The predicted octanol–water partition coefficient (Wildman–Crippen LogP) is 2.25. The second kappa shape index (κ2) is 11.6. The molecule has 0 spiro atoms. The lowest BCUT2D eigenvalue weighted by Gasteiger charge is -2.23. The Morgan fingerprint density at radius 2 is 1.58 bits per heavy atom. The Kier molecular flexibility index (Phi) is 8.87. The topological polar surface area (TPSA) is 131 Å². The summed E-state index contributed by atoms with van der Waals surface area (Å²) in [5.74, 6) is -0.964. The van der Waals surface area contributed by atoms with Crippen LogP contribution in [0.15, 0.2) is 54.6 Å². The molecule has 0 unspecified atom stereocenters. The molecule has 5 N–H and O–H groups in total. The number of carbonyl (C=O) groups is 3. The zero-order chi connectivity index (χ0) is 22.8. The Labute approximate surface area is 181 Å². The number of hydrogen-bond donors (Lipinski definition) is 4. The monoisotopic (exact) mass is 427 g/mol. The van der Waals surface area contributed by atoms with Crippen LogP contribution in [0, 0.1) is 5.92 Å². The Morgan fingerprint density at radius 3 is 2.16 bits per heavy atom. The molecule has 0 aromatic heterocycles. The van der Waals surface area contributed by atoms with Crippen LogP contribution in [0.1, 0.15) is 31.4 Å². The minimum Gasteiger partial charge on any atom is -0.508 e. The Balaban J connectivity index is 2.08. The van der Waals surface area contributed by atoms with Crippen LogP contribution in [0.3, 0.4) is 0 Å². The maximum absolute atomic E-state index is 12.9. The highest BCUT2D eigenvalue weighted by Crippen LogP contribution is 2.12. The molecule has 0 radical (unpaired) electrons. The molecule has 8 nitrogen and oxygen atoms in total. The highest BCUT2D eigenvalue weighted by molar-refractivity contribution is 5.90. The Morgan fingerprint density at radius 1 is 0.935 bits per heavy atom. The molecule has 166 valence electrons. The van der Waals surface area contributed by atoms with Crippen molar-refractivity contribution in [3.63, 3.8) is 0 Å². The van der Waals surface area contributed by atoms with Crippen molar-refractivity contribution >= 4 is 17.9 Å². The van der Waals surface area contributed by atoms with Crippen molar-refractivity contribution in [2.24, 2.45) is 11.7 Å². The first-order valence-corrected chi connectivity index (χ1v) is 10.1. The lowest BCUT2D eigenvalue weighted by atomic mass is 10.0. The summed E-state index contributed by atoms with van der Waals surface area (Å²) < 4.78 is 5.22. The van der Waals surface area contributed by atoms with Crippen LogP contribution in [-0.2, 0) is 27.4 Å². The lowest BCUT2D eigenvalue weighted by Crippen LogP contribution is -2.54. The molecule has 8 heteroatoms. The largest absolute Gasteiger partial charge is 0.508 e. The zero-order valence-corrected chi connectivity index (χ0v) is 17.7. The van der Waals surface area contributed by atoms with E-state index >= 15 is 0 Å². The second-order valence-corrected chi connectivity index (χ2v) is 7.72. The number of rotatable bonds is 10. The fraction of sp³-hybridized carbons (Fsp3) is 0.348. The van der Waals surface area contributed by atoms with Gasteiger partial charge in [-0.1, -0.05) is 56.3 Å². The van der Waals surface area contributed by atoms with Gasteiger partial charge in [0.05, 0.1) is 0 Å². The molecular weight excluding hydrogens is 398 g/mol. The van der Waals surface area contributed by atoms with Crippen LogP contribution in [0.2, 0.25) is 0 Å². The summed E-state index contributed by atoms with van der Waals surface area (Å²) in [4.78, 5) is 36.9. The Hall–Kier alpha value is -3.55. The normalized spacial score (nSPS) is 12.6. The summed E-state index contributed by atoms with van der Waals surface area (Å²) in [6.45, 7) is 3.88. The minimum atomic E-state index is -0.998. The van der Waals surface area contributed by atoms with E-state index < -0.39 is 30.0 Å². The van der Waals surface area contributed by atoms with E-state index in [9.17, 15) is 19.5 Å². The quantitative estimate of drug-likeness (QED) is 0.462. The van der Waals surface area contributed by atoms with Crippen LogP contribution in [0.5, 0.6) is 5.75 Å². The summed E-state index contributed by atoms with van der Waals surface area (Å²) in [5.41, 5.74) is 6.94. The van der Waals surface area contributed by atoms with Crippen molar-refractivity contribution in [2.75, 3.05) is 0 Å². The fourth-order valence-corrected chi connectivity index (χ4v) is 2.97. The summed E-state index contributed by atoms with van der Waals surface area (Å²) in [7, 11) is 0. The van der Waals surface area contributed by atoms with E-state index in [2.05, 4.69) is 10.6 Å². The number of alkyl carbamates (subject to hydrolysis) is 1. The summed E-state index contributed by atoms with van der Waals surface area (Å²) in [6.07, 6.45) is -0.243. The van der Waals surface area contributed by atoms with Gasteiger partial charge in [-0.2, -0.15) is 0 Å². The predicted molar refractivity (Wildman–Crippen MR) is 116 cm³/mol. The number of nitrogens with one attached hydrogen (secondary N) is 2. The summed E-state index contributed by atoms with van der Waals surface area (Å²) in [6, 6.07) is 13.6. The molecule has 0 aliphatic carbocycles. The number of primary amides is 1. The first-order chi connectivity index (χ1) is 14.7. The molecule has 0 bridgehead atoms. The van der Waals surface area contributed by atoms with Gasteiger partial charge in [0.2, 0.25) is 11.8 Å². The molecule has 0 fully saturated rings. The zero-order valence-electron chi connectivity index (χ0n) is 17.7. The Bertz CT molecular complexity index is 869. The van der Waals surface area contributed by atoms with E-state index in [0.29, 0.717) is 12.0 Å². The standard InChI is InChI=1S/C23H29N3O5/c1-15(2)12-19(21(24)28)25-22(29)20(13-16-8-10-18(27)11-9-16)26-23(30)31-14-17-6-4-3-5-7-17/h3-11,15,19-20,27H,12-14H2,1-2H3,(H2,24,28)(H,25,29)(H,26,30)/t19-,20-/m1/s1. The lowest BCUT2D eigenvalue weighted by molar-refractivity contribution is -0.128. The van der Waals surface area contributed by atoms with Crippen molar-refractivity contribution in [2.45, 2.75) is 45.4 Å². The first-order valence-electron chi connectivity index (χ1n) is 10.1. The van der Waals surface area contributed by atoms with Gasteiger partial charge in [-0.15, -0.1) is 0 Å². The third kappa shape index (κ3) is 8.38. The molecule has 3 amide bonds. The SMILES string of the molecule is CC(C)C[C@@H](NC(=O)[C@@H](Cc1ccc(O)cc1)NC(=O)OCc1ccccc1)C(N)=O. The van der Waals surface area contributed by atoms with Gasteiger partial charge in [-0.25, -0.2) is 4.79 Å². The van der Waals surface area contributed by atoms with Crippen molar-refractivity contribution in [3.05, 3.63) is 65.7 Å². The van der Waals surface area contributed by atoms with Gasteiger partial charge in [-0.05, 0) is 35.6 Å². The average molecular weight is 428 g/mol. The second-order valence-electron chi connectivity index (χ2n) is 7.72. The molecule has 31 heavy (non-hydrogen) atoms. The highest BCUT2D eigenvalue weighted by atomic mass is 16.5. The van der Waals surface area contributed by atoms with E-state index in [-0.39, 0.29) is 24.7 Å². The molecule has 0 saturated heterocycles. The minimum absolute atomic E-state index is 0.0531. The molecule has 2 rings (SSSR count).